The van der Waals surface area contributed by atoms with Crippen LogP contribution in [0.2, 0.25) is 0 Å². The van der Waals surface area contributed by atoms with Crippen LogP contribution in [0, 0.1) is 6.92 Å². The zero-order chi connectivity index (χ0) is 11.8. The highest BCUT2D eigenvalue weighted by Gasteiger charge is 2.10. The van der Waals surface area contributed by atoms with Crippen LogP contribution in [0.4, 0.5) is 5.82 Å². The molecule has 2 N–H and O–H groups in total. The van der Waals surface area contributed by atoms with Crippen LogP contribution in [-0.2, 0) is 0 Å². The van der Waals surface area contributed by atoms with Gasteiger partial charge in [-0.3, -0.25) is 0 Å². The molecule has 0 aliphatic heterocycles. The van der Waals surface area contributed by atoms with E-state index in [1.165, 1.54) is 11.5 Å². The fourth-order valence-electron chi connectivity index (χ4n) is 1.78. The minimum absolute atomic E-state index is 0.464. The van der Waals surface area contributed by atoms with E-state index < -0.39 is 0 Å². The first-order valence-electron chi connectivity index (χ1n) is 5.20. The van der Waals surface area contributed by atoms with Gasteiger partial charge in [0.25, 0.3) is 0 Å². The minimum atomic E-state index is 0.464. The third kappa shape index (κ3) is 1.64. The van der Waals surface area contributed by atoms with Crippen molar-refractivity contribution in [2.45, 2.75) is 6.92 Å². The number of benzene rings is 1. The first kappa shape index (κ1) is 10.2. The Morgan fingerprint density at radius 2 is 1.88 bits per heavy atom. The van der Waals surface area contributed by atoms with E-state index in [1.54, 1.807) is 0 Å². The molecule has 3 aromatic rings. The second kappa shape index (κ2) is 3.78. The molecule has 0 radical (unpaired) electrons. The van der Waals surface area contributed by atoms with Gasteiger partial charge in [-0.05, 0) is 24.5 Å². The van der Waals surface area contributed by atoms with E-state index >= 15 is 0 Å². The highest BCUT2D eigenvalue weighted by molar-refractivity contribution is 7.09. The lowest BCUT2D eigenvalue weighted by Crippen LogP contribution is -1.96. The Hall–Kier alpha value is -2.01. The van der Waals surface area contributed by atoms with Crippen molar-refractivity contribution in [1.29, 1.82) is 0 Å². The van der Waals surface area contributed by atoms with E-state index in [9.17, 15) is 0 Å². The molecule has 0 fully saturated rings. The van der Waals surface area contributed by atoms with Crippen molar-refractivity contribution in [3.05, 3.63) is 36.0 Å². The van der Waals surface area contributed by atoms with Gasteiger partial charge < -0.3 is 5.73 Å². The molecule has 0 bridgehead atoms. The highest BCUT2D eigenvalue weighted by Crippen LogP contribution is 2.30. The predicted octanol–water partition coefficient (Wildman–Crippen LogP) is 2.64. The molecule has 0 unspecified atom stereocenters. The van der Waals surface area contributed by atoms with Crippen molar-refractivity contribution < 1.29 is 0 Å². The molecule has 0 amide bonds. The summed E-state index contributed by atoms with van der Waals surface area (Å²) >= 11 is 1.43. The summed E-state index contributed by atoms with van der Waals surface area (Å²) in [6.45, 7) is 1.97. The number of nitrogens with zero attached hydrogens (tertiary/aromatic N) is 3. The van der Waals surface area contributed by atoms with E-state index in [1.807, 2.05) is 37.3 Å². The lowest BCUT2D eigenvalue weighted by molar-refractivity contribution is 1.07. The molecule has 2 aromatic heterocycles. The van der Waals surface area contributed by atoms with Gasteiger partial charge in [-0.25, -0.2) is 0 Å². The maximum Gasteiger partial charge on any atom is 0.154 e. The summed E-state index contributed by atoms with van der Waals surface area (Å²) in [5.41, 5.74) is 7.66. The second-order valence-electron chi connectivity index (χ2n) is 3.81. The lowest BCUT2D eigenvalue weighted by Gasteiger charge is -2.03. The van der Waals surface area contributed by atoms with Gasteiger partial charge in [0.2, 0.25) is 0 Å². The molecule has 5 heteroatoms. The molecule has 3 rings (SSSR count). The molecule has 0 aliphatic rings. The van der Waals surface area contributed by atoms with Crippen molar-refractivity contribution in [2.75, 3.05) is 5.73 Å². The number of nitrogen functional groups attached to an aromatic ring is 1. The summed E-state index contributed by atoms with van der Waals surface area (Å²) in [6.07, 6.45) is 0. The predicted molar refractivity (Wildman–Crippen MR) is 69.8 cm³/mol. The van der Waals surface area contributed by atoms with E-state index in [0.29, 0.717) is 5.82 Å². The number of aryl methyl sites for hydroxylation is 1. The summed E-state index contributed by atoms with van der Waals surface area (Å²) in [5, 5.41) is 10.1. The number of nitrogens with two attached hydrogens (primary N) is 1. The van der Waals surface area contributed by atoms with Gasteiger partial charge >= 0.3 is 0 Å². The Labute approximate surface area is 102 Å². The van der Waals surface area contributed by atoms with Crippen molar-refractivity contribution >= 4 is 28.1 Å². The summed E-state index contributed by atoms with van der Waals surface area (Å²) in [6, 6.07) is 9.89. The number of fused-ring (bicyclic) bond motifs is 1. The van der Waals surface area contributed by atoms with Crippen LogP contribution < -0.4 is 5.73 Å². The maximum absolute atomic E-state index is 5.82. The van der Waals surface area contributed by atoms with Gasteiger partial charge in [0.1, 0.15) is 5.69 Å². The van der Waals surface area contributed by atoms with E-state index in [0.717, 1.165) is 27.0 Å². The molecule has 84 valence electrons. The molecule has 0 spiro atoms. The molecule has 0 aliphatic carbocycles. The van der Waals surface area contributed by atoms with Crippen LogP contribution >= 0.6 is 11.5 Å². The Morgan fingerprint density at radius 1 is 1.12 bits per heavy atom. The number of hydrogen-bond acceptors (Lipinski definition) is 5. The first-order chi connectivity index (χ1) is 8.25. The highest BCUT2D eigenvalue weighted by atomic mass is 32.1. The van der Waals surface area contributed by atoms with E-state index in [2.05, 4.69) is 14.6 Å². The molecule has 0 saturated carbocycles. The monoisotopic (exact) mass is 242 g/mol. The van der Waals surface area contributed by atoms with Crippen LogP contribution in [0.3, 0.4) is 0 Å². The zero-order valence-corrected chi connectivity index (χ0v) is 10.0. The average Bonchev–Trinajstić information content (AvgIpc) is 2.77. The SMILES string of the molecule is Cc1cc(-c2nnc(N)c3ccccc23)sn1. The van der Waals surface area contributed by atoms with Gasteiger partial charge in [0.15, 0.2) is 5.82 Å². The van der Waals surface area contributed by atoms with Gasteiger partial charge in [-0.15, -0.1) is 10.2 Å². The zero-order valence-electron chi connectivity index (χ0n) is 9.21. The number of aromatic nitrogens is 3. The smallest absolute Gasteiger partial charge is 0.154 e. The van der Waals surface area contributed by atoms with E-state index in [-0.39, 0.29) is 0 Å². The summed E-state index contributed by atoms with van der Waals surface area (Å²) in [7, 11) is 0. The molecule has 1 aromatic carbocycles. The minimum Gasteiger partial charge on any atom is -0.382 e. The van der Waals surface area contributed by atoms with Crippen molar-refractivity contribution in [1.82, 2.24) is 14.6 Å². The van der Waals surface area contributed by atoms with Crippen LogP contribution in [0.15, 0.2) is 30.3 Å². The van der Waals surface area contributed by atoms with Gasteiger partial charge in [-0.2, -0.15) is 4.37 Å². The van der Waals surface area contributed by atoms with Gasteiger partial charge in [0, 0.05) is 10.8 Å². The van der Waals surface area contributed by atoms with Gasteiger partial charge in [-0.1, -0.05) is 24.3 Å². The molecule has 0 atom stereocenters. The Kier molecular flexibility index (Phi) is 2.26. The van der Waals surface area contributed by atoms with E-state index in [4.69, 9.17) is 5.73 Å². The lowest BCUT2D eigenvalue weighted by atomic mass is 10.1. The molecule has 17 heavy (non-hydrogen) atoms. The Balaban J connectivity index is 2.34. The number of anilines is 1. The number of rotatable bonds is 1. The van der Waals surface area contributed by atoms with Crippen molar-refractivity contribution in [2.24, 2.45) is 0 Å². The average molecular weight is 242 g/mol. The molecule has 4 nitrogen and oxygen atoms in total. The topological polar surface area (TPSA) is 64.7 Å². The van der Waals surface area contributed by atoms with Gasteiger partial charge in [0.05, 0.1) is 10.6 Å². The Morgan fingerprint density at radius 3 is 2.59 bits per heavy atom. The number of hydrogen-bond donors (Lipinski definition) is 1. The standard InChI is InChI=1S/C12H10N4S/c1-7-6-10(17-16-7)11-8-4-2-3-5-9(8)12(13)15-14-11/h2-6H,1H3,(H2,13,15). The Bertz CT molecular complexity index is 690. The summed E-state index contributed by atoms with van der Waals surface area (Å²) in [4.78, 5) is 1.02. The van der Waals surface area contributed by atoms with Crippen LogP contribution in [0.5, 0.6) is 0 Å². The summed E-state index contributed by atoms with van der Waals surface area (Å²) < 4.78 is 4.26. The normalized spacial score (nSPS) is 10.9. The fourth-order valence-corrected chi connectivity index (χ4v) is 2.54. The van der Waals surface area contributed by atoms with Crippen molar-refractivity contribution in [3.8, 4) is 10.6 Å². The van der Waals surface area contributed by atoms with Crippen LogP contribution in [0.1, 0.15) is 5.69 Å². The quantitative estimate of drug-likeness (QED) is 0.712. The van der Waals surface area contributed by atoms with Crippen LogP contribution in [0.25, 0.3) is 21.3 Å². The molecule has 2 heterocycles. The fraction of sp³-hybridized carbons (Fsp3) is 0.0833. The summed E-state index contributed by atoms with van der Waals surface area (Å²) in [5.74, 6) is 0.464. The molecular weight excluding hydrogens is 232 g/mol. The molecule has 0 saturated heterocycles. The third-order valence-electron chi connectivity index (χ3n) is 2.58. The van der Waals surface area contributed by atoms with Crippen LogP contribution in [-0.4, -0.2) is 14.6 Å². The molecular formula is C12H10N4S. The maximum atomic E-state index is 5.82. The first-order valence-corrected chi connectivity index (χ1v) is 5.97. The second-order valence-corrected chi connectivity index (χ2v) is 4.62. The largest absolute Gasteiger partial charge is 0.382 e. The van der Waals surface area contributed by atoms with Crippen molar-refractivity contribution in [3.63, 3.8) is 0 Å². The third-order valence-corrected chi connectivity index (χ3v) is 3.46.